The number of anilines is 2. The van der Waals surface area contributed by atoms with Crippen molar-refractivity contribution in [3.63, 3.8) is 0 Å². The van der Waals surface area contributed by atoms with E-state index in [0.29, 0.717) is 40.2 Å². The predicted molar refractivity (Wildman–Crippen MR) is 247 cm³/mol. The number of carbonyl (C=O) groups is 3. The summed E-state index contributed by atoms with van der Waals surface area (Å²) in [6.45, 7) is 12.0. The minimum Gasteiger partial charge on any atom is -0.490 e. The van der Waals surface area contributed by atoms with Gasteiger partial charge in [-0.3, -0.25) is 14.5 Å². The summed E-state index contributed by atoms with van der Waals surface area (Å²) in [5, 5.41) is 22.2. The number of amides is 4. The van der Waals surface area contributed by atoms with Gasteiger partial charge in [-0.2, -0.15) is 5.26 Å². The number of urea groups is 1. The Hall–Kier alpha value is -5.08. The van der Waals surface area contributed by atoms with Crippen LogP contribution in [0, 0.1) is 23.1 Å². The maximum absolute atomic E-state index is 15.3. The third-order valence-electron chi connectivity index (χ3n) is 13.3. The molecule has 3 saturated heterocycles. The molecule has 0 unspecified atom stereocenters. The van der Waals surface area contributed by atoms with Crippen LogP contribution in [0.15, 0.2) is 54.7 Å². The second kappa shape index (κ2) is 20.0. The Morgan fingerprint density at radius 1 is 0.938 bits per heavy atom. The monoisotopic (exact) mass is 911 g/mol. The number of nitriles is 1. The highest BCUT2D eigenvalue weighted by Gasteiger charge is 2.35. The molecule has 0 radical (unpaired) electrons. The van der Waals surface area contributed by atoms with E-state index in [2.05, 4.69) is 55.6 Å². The molecular weight excluding hydrogens is 853 g/mol. The molecular formula is C47H59ClFN9O5Si. The first kappa shape index (κ1) is 45.5. The smallest absolute Gasteiger partial charge is 0.333 e. The number of fused-ring (bicyclic) bond motifs is 1. The van der Waals surface area contributed by atoms with Crippen molar-refractivity contribution in [1.82, 2.24) is 29.9 Å². The quantitative estimate of drug-likeness (QED) is 0.0969. The fraction of sp³-hybridized carbons (Fsp3) is 0.532. The van der Waals surface area contributed by atoms with E-state index in [1.807, 2.05) is 18.3 Å². The van der Waals surface area contributed by atoms with E-state index in [4.69, 9.17) is 26.3 Å². The summed E-state index contributed by atoms with van der Waals surface area (Å²) in [5.41, 5.74) is 1.97. The van der Waals surface area contributed by atoms with Crippen LogP contribution in [0.4, 0.5) is 20.7 Å². The highest BCUT2D eigenvalue weighted by atomic mass is 35.5. The van der Waals surface area contributed by atoms with Crippen molar-refractivity contribution in [2.24, 2.45) is 5.92 Å². The maximum Gasteiger partial charge on any atom is 0.333 e. The largest absolute Gasteiger partial charge is 0.490 e. The maximum atomic E-state index is 15.3. The lowest BCUT2D eigenvalue weighted by Gasteiger charge is -2.38. The van der Waals surface area contributed by atoms with Gasteiger partial charge in [-0.05, 0) is 106 Å². The van der Waals surface area contributed by atoms with Crippen molar-refractivity contribution in [3.8, 4) is 11.8 Å². The Morgan fingerprint density at radius 2 is 1.70 bits per heavy atom. The first-order chi connectivity index (χ1) is 30.8. The van der Waals surface area contributed by atoms with Gasteiger partial charge in [0.05, 0.1) is 27.9 Å². The van der Waals surface area contributed by atoms with Crippen molar-refractivity contribution in [3.05, 3.63) is 76.8 Å². The lowest BCUT2D eigenvalue weighted by Crippen LogP contribution is -2.53. The molecule has 2 aromatic heterocycles. The van der Waals surface area contributed by atoms with E-state index in [1.54, 1.807) is 30.3 Å². The number of halogens is 2. The van der Waals surface area contributed by atoms with Gasteiger partial charge in [0.15, 0.2) is 11.5 Å². The standard InChI is InChI=1S/C47H59ClFN9O5Si/c1-64(2,3)25-24-62-31-58-45(59)17-23-57(47(58)61)43-27-34(49)26-42-39(43)16-22-56(42)36-14-18-54(19-15-36)30-32-12-20-55(21-13-32)44-11-10-41(52-53-44)46(60)51-35-5-8-37(9-6-35)63-38-7-4-33(29-50)40(48)28-38/h4,7,10-11,16,22,26-28,32,35-37H,5-6,8-9,12-15,17-21,23-25,30-31H2,1-3H3,(H,51,60)/t35-,37-. The fourth-order valence-electron chi connectivity index (χ4n) is 9.47. The van der Waals surface area contributed by atoms with Crippen LogP contribution in [0.25, 0.3) is 10.9 Å². The fourth-order valence-corrected chi connectivity index (χ4v) is 10.4. The number of piperidine rings is 2. The van der Waals surface area contributed by atoms with E-state index in [0.717, 1.165) is 112 Å². The number of nitrogens with one attached hydrogen (secondary N) is 1. The summed E-state index contributed by atoms with van der Waals surface area (Å²) in [4.78, 5) is 46.9. The molecule has 3 aliphatic heterocycles. The van der Waals surface area contributed by atoms with E-state index in [9.17, 15) is 14.4 Å². The first-order valence-electron chi connectivity index (χ1n) is 22.8. The molecule has 17 heteroatoms. The average molecular weight is 913 g/mol. The van der Waals surface area contributed by atoms with E-state index in [-0.39, 0.29) is 49.7 Å². The summed E-state index contributed by atoms with van der Waals surface area (Å²) >= 11 is 6.16. The number of hydrogen-bond acceptors (Lipinski definition) is 10. The van der Waals surface area contributed by atoms with Gasteiger partial charge in [0.2, 0.25) is 5.91 Å². The molecule has 5 heterocycles. The number of hydrogen-bond donors (Lipinski definition) is 1. The van der Waals surface area contributed by atoms with Crippen LogP contribution < -0.4 is 19.9 Å². The minimum atomic E-state index is -1.33. The predicted octanol–water partition coefficient (Wildman–Crippen LogP) is 8.24. The molecule has 2 aromatic carbocycles. The van der Waals surface area contributed by atoms with Crippen LogP contribution in [0.3, 0.4) is 0 Å². The third-order valence-corrected chi connectivity index (χ3v) is 15.3. The molecule has 4 amide bonds. The molecule has 4 aromatic rings. The SMILES string of the molecule is C[Si](C)(C)CCOCN1C(=O)CCN(c2cc(F)cc3c2ccn3C2CCN(CC3CCN(c4ccc(C(=O)N[C@H]5CC[C@H](Oc6ccc(C#N)c(Cl)c6)CC5)nn4)CC3)CC2)C1=O. The normalized spacial score (nSPS) is 20.8. The number of aromatic nitrogens is 3. The Balaban J connectivity index is 0.773. The molecule has 8 rings (SSSR count). The summed E-state index contributed by atoms with van der Waals surface area (Å²) in [7, 11) is -1.33. The summed E-state index contributed by atoms with van der Waals surface area (Å²) in [5.74, 6) is 1.09. The molecule has 14 nitrogen and oxygen atoms in total. The van der Waals surface area contributed by atoms with Gasteiger partial charge in [0.1, 0.15) is 24.4 Å². The molecule has 64 heavy (non-hydrogen) atoms. The minimum absolute atomic E-state index is 0.0202. The van der Waals surface area contributed by atoms with Crippen LogP contribution >= 0.6 is 11.6 Å². The van der Waals surface area contributed by atoms with Crippen molar-refractivity contribution in [1.29, 1.82) is 5.26 Å². The van der Waals surface area contributed by atoms with Crippen LogP contribution in [0.2, 0.25) is 30.7 Å². The van der Waals surface area contributed by atoms with Gasteiger partial charge in [-0.15, -0.1) is 10.2 Å². The van der Waals surface area contributed by atoms with Gasteiger partial charge in [-0.1, -0.05) is 31.2 Å². The third kappa shape index (κ3) is 10.9. The lowest BCUT2D eigenvalue weighted by molar-refractivity contribution is -0.133. The van der Waals surface area contributed by atoms with Crippen molar-refractivity contribution >= 4 is 59.9 Å². The summed E-state index contributed by atoms with van der Waals surface area (Å²) < 4.78 is 29.3. The van der Waals surface area contributed by atoms with Gasteiger partial charge in [-0.25, -0.2) is 14.1 Å². The van der Waals surface area contributed by atoms with Crippen LogP contribution in [-0.2, 0) is 9.53 Å². The van der Waals surface area contributed by atoms with E-state index >= 15 is 4.39 Å². The van der Waals surface area contributed by atoms with Gasteiger partial charge < -0.3 is 29.2 Å². The molecule has 0 bridgehead atoms. The number of likely N-dealkylation sites (tertiary alicyclic amines) is 1. The highest BCUT2D eigenvalue weighted by molar-refractivity contribution is 6.76. The Kier molecular flexibility index (Phi) is 14.2. The Bertz CT molecular complexity index is 2350. The van der Waals surface area contributed by atoms with Gasteiger partial charge in [0.25, 0.3) is 5.91 Å². The summed E-state index contributed by atoms with van der Waals surface area (Å²) in [6.07, 6.45) is 9.32. The van der Waals surface area contributed by atoms with Gasteiger partial charge >= 0.3 is 6.03 Å². The number of carbonyl (C=O) groups excluding carboxylic acids is 3. The number of benzene rings is 2. The molecule has 4 aliphatic rings. The Morgan fingerprint density at radius 3 is 2.39 bits per heavy atom. The van der Waals surface area contributed by atoms with Crippen LogP contribution in [0.5, 0.6) is 5.75 Å². The molecule has 1 aliphatic carbocycles. The van der Waals surface area contributed by atoms with E-state index in [1.165, 1.54) is 11.0 Å². The number of ether oxygens (including phenoxy) is 2. The number of rotatable bonds is 14. The highest BCUT2D eigenvalue weighted by Crippen LogP contribution is 2.36. The van der Waals surface area contributed by atoms with Crippen molar-refractivity contribution < 1.29 is 28.2 Å². The molecule has 0 spiro atoms. The molecule has 4 fully saturated rings. The second-order valence-electron chi connectivity index (χ2n) is 19.0. The summed E-state index contributed by atoms with van der Waals surface area (Å²) in [6, 6.07) is 16.5. The molecule has 0 atom stereocenters. The topological polar surface area (TPSA) is 149 Å². The van der Waals surface area contributed by atoms with Crippen molar-refractivity contribution in [2.75, 3.05) is 62.4 Å². The second-order valence-corrected chi connectivity index (χ2v) is 25.0. The van der Waals surface area contributed by atoms with Crippen molar-refractivity contribution in [2.45, 2.75) is 102 Å². The first-order valence-corrected chi connectivity index (χ1v) is 26.9. The van der Waals surface area contributed by atoms with E-state index < -0.39 is 19.9 Å². The number of imide groups is 1. The molecule has 340 valence electrons. The van der Waals surface area contributed by atoms with Crippen LogP contribution in [0.1, 0.15) is 79.9 Å². The zero-order valence-electron chi connectivity index (χ0n) is 37.1. The zero-order chi connectivity index (χ0) is 45.0. The van der Waals surface area contributed by atoms with Gasteiger partial charge in [0, 0.05) is 90.1 Å². The lowest BCUT2D eigenvalue weighted by atomic mass is 9.92. The molecule has 1 saturated carbocycles. The molecule has 1 N–H and O–H groups in total. The Labute approximate surface area is 380 Å². The average Bonchev–Trinajstić information content (AvgIpc) is 3.70. The number of nitrogens with zero attached hydrogens (tertiary/aromatic N) is 8. The zero-order valence-corrected chi connectivity index (χ0v) is 38.9. The van der Waals surface area contributed by atoms with Crippen LogP contribution in [-0.4, -0.2) is 115 Å².